The lowest BCUT2D eigenvalue weighted by Gasteiger charge is -2.08. The molecule has 7 heteroatoms. The van der Waals surface area contributed by atoms with Crippen LogP contribution in [0.25, 0.3) is 33.2 Å². The highest BCUT2D eigenvalue weighted by atomic mass is 16.6. The Kier molecular flexibility index (Phi) is 5.97. The fourth-order valence-electron chi connectivity index (χ4n) is 4.42. The number of hydrogen-bond donors (Lipinski definition) is 2. The van der Waals surface area contributed by atoms with Crippen molar-refractivity contribution in [3.63, 3.8) is 0 Å². The molecule has 0 unspecified atom stereocenters. The summed E-state index contributed by atoms with van der Waals surface area (Å²) in [4.78, 5) is 31.7. The molecule has 0 radical (unpaired) electrons. The van der Waals surface area contributed by atoms with Crippen molar-refractivity contribution in [2.24, 2.45) is 0 Å². The molecule has 0 bridgehead atoms. The smallest absolute Gasteiger partial charge is 0.292 e. The van der Waals surface area contributed by atoms with Gasteiger partial charge in [-0.15, -0.1) is 0 Å². The van der Waals surface area contributed by atoms with Crippen LogP contribution >= 0.6 is 0 Å². The zero-order valence-corrected chi connectivity index (χ0v) is 19.2. The highest BCUT2D eigenvalue weighted by molar-refractivity contribution is 5.94. The van der Waals surface area contributed by atoms with Crippen LogP contribution in [0.3, 0.4) is 0 Å². The highest BCUT2D eigenvalue weighted by Crippen LogP contribution is 2.32. The largest absolute Gasteiger partial charge is 0.353 e. The molecule has 5 rings (SSSR count). The van der Waals surface area contributed by atoms with Crippen LogP contribution in [0.1, 0.15) is 24.0 Å². The number of para-hydroxylation sites is 3. The van der Waals surface area contributed by atoms with E-state index < -0.39 is 4.92 Å². The van der Waals surface area contributed by atoms with Gasteiger partial charge >= 0.3 is 0 Å². The fraction of sp³-hybridized carbons (Fsp3) is 0.143. The third kappa shape index (κ3) is 4.61. The maximum absolute atomic E-state index is 12.6. The number of anilines is 1. The summed E-state index contributed by atoms with van der Waals surface area (Å²) in [6, 6.07) is 24.6. The van der Waals surface area contributed by atoms with E-state index in [2.05, 4.69) is 41.5 Å². The first-order chi connectivity index (χ1) is 17.0. The Morgan fingerprint density at radius 3 is 2.69 bits per heavy atom. The molecule has 1 amide bonds. The van der Waals surface area contributed by atoms with Crippen molar-refractivity contribution in [3.8, 4) is 11.4 Å². The molecule has 0 aliphatic carbocycles. The van der Waals surface area contributed by atoms with Gasteiger partial charge in [-0.05, 0) is 55.7 Å². The summed E-state index contributed by atoms with van der Waals surface area (Å²) >= 11 is 0. The minimum atomic E-state index is -0.493. The maximum Gasteiger partial charge on any atom is 0.292 e. The number of nitro groups is 1. The second-order valence-electron chi connectivity index (χ2n) is 8.59. The van der Waals surface area contributed by atoms with E-state index in [0.29, 0.717) is 12.8 Å². The number of hydrogen-bond acceptors (Lipinski definition) is 4. The van der Waals surface area contributed by atoms with Crippen LogP contribution in [-0.4, -0.2) is 20.8 Å². The number of nitrogens with zero attached hydrogens (tertiary/aromatic N) is 2. The number of H-pyrrole nitrogens is 1. The van der Waals surface area contributed by atoms with E-state index >= 15 is 0 Å². The van der Waals surface area contributed by atoms with Crippen molar-refractivity contribution in [3.05, 3.63) is 100 Å². The van der Waals surface area contributed by atoms with E-state index in [1.807, 2.05) is 30.3 Å². The number of carbonyl (C=O) groups excluding carboxylic acids is 1. The number of aryl methyl sites for hydroxylation is 2. The molecule has 35 heavy (non-hydrogen) atoms. The number of aromatic amines is 1. The number of nitrogens with one attached hydrogen (secondary N) is 2. The van der Waals surface area contributed by atoms with Crippen LogP contribution in [-0.2, 0) is 11.2 Å². The topological polar surface area (TPSA) is 101 Å². The minimum absolute atomic E-state index is 0.113. The number of nitro benzene ring substituents is 1. The molecule has 7 nitrogen and oxygen atoms in total. The van der Waals surface area contributed by atoms with Gasteiger partial charge in [-0.3, -0.25) is 14.9 Å². The molecule has 2 heterocycles. The van der Waals surface area contributed by atoms with Crippen molar-refractivity contribution in [1.82, 2.24) is 9.97 Å². The van der Waals surface area contributed by atoms with Crippen molar-refractivity contribution in [2.75, 3.05) is 5.32 Å². The molecule has 2 N–H and O–H groups in total. The predicted molar refractivity (Wildman–Crippen MR) is 138 cm³/mol. The molecule has 0 fully saturated rings. The van der Waals surface area contributed by atoms with Gasteiger partial charge in [-0.25, -0.2) is 4.98 Å². The predicted octanol–water partition coefficient (Wildman–Crippen LogP) is 6.56. The summed E-state index contributed by atoms with van der Waals surface area (Å²) in [5.74, 6) is -0.249. The highest BCUT2D eigenvalue weighted by Gasteiger charge is 2.17. The van der Waals surface area contributed by atoms with E-state index in [1.54, 1.807) is 18.2 Å². The Balaban J connectivity index is 1.40. The molecule has 0 saturated carbocycles. The number of aromatic nitrogens is 2. The second kappa shape index (κ2) is 9.38. The molecule has 0 aliphatic heterocycles. The Morgan fingerprint density at radius 2 is 1.83 bits per heavy atom. The van der Waals surface area contributed by atoms with Crippen molar-refractivity contribution < 1.29 is 9.72 Å². The summed E-state index contributed by atoms with van der Waals surface area (Å²) in [5.41, 5.74) is 6.14. The lowest BCUT2D eigenvalue weighted by atomic mass is 10.0. The normalized spacial score (nSPS) is 11.1. The third-order valence-electron chi connectivity index (χ3n) is 6.12. The van der Waals surface area contributed by atoms with Crippen LogP contribution in [0, 0.1) is 17.0 Å². The van der Waals surface area contributed by atoms with Crippen LogP contribution in [0.2, 0.25) is 0 Å². The summed E-state index contributed by atoms with van der Waals surface area (Å²) in [6.07, 6.45) is 1.50. The average Bonchev–Trinajstić information content (AvgIpc) is 3.21. The van der Waals surface area contributed by atoms with Gasteiger partial charge in [-0.1, -0.05) is 48.0 Å². The van der Waals surface area contributed by atoms with E-state index in [1.165, 1.54) is 6.07 Å². The van der Waals surface area contributed by atoms with Gasteiger partial charge in [-0.2, -0.15) is 0 Å². The zero-order chi connectivity index (χ0) is 24.4. The summed E-state index contributed by atoms with van der Waals surface area (Å²) < 4.78 is 0. The zero-order valence-electron chi connectivity index (χ0n) is 19.2. The maximum atomic E-state index is 12.6. The van der Waals surface area contributed by atoms with Gasteiger partial charge in [0.1, 0.15) is 5.69 Å². The number of fused-ring (bicyclic) bond motifs is 2. The molecule has 174 valence electrons. The van der Waals surface area contributed by atoms with Gasteiger partial charge in [0.2, 0.25) is 5.91 Å². The van der Waals surface area contributed by atoms with Crippen molar-refractivity contribution >= 4 is 39.1 Å². The first-order valence-corrected chi connectivity index (χ1v) is 11.5. The summed E-state index contributed by atoms with van der Waals surface area (Å²) in [5, 5.41) is 16.1. The van der Waals surface area contributed by atoms with E-state index in [9.17, 15) is 14.9 Å². The molecule has 5 aromatic rings. The van der Waals surface area contributed by atoms with Gasteiger partial charge in [0.25, 0.3) is 5.69 Å². The first-order valence-electron chi connectivity index (χ1n) is 11.5. The number of amides is 1. The first kappa shape index (κ1) is 22.3. The second-order valence-corrected chi connectivity index (χ2v) is 8.59. The summed E-state index contributed by atoms with van der Waals surface area (Å²) in [6.45, 7) is 2.06. The quantitative estimate of drug-likeness (QED) is 0.210. The van der Waals surface area contributed by atoms with Gasteiger partial charge < -0.3 is 10.3 Å². The fourth-order valence-corrected chi connectivity index (χ4v) is 4.42. The summed E-state index contributed by atoms with van der Waals surface area (Å²) in [7, 11) is 0. The number of carbonyl (C=O) groups is 1. The molecular weight excluding hydrogens is 440 g/mol. The Bertz CT molecular complexity index is 1570. The van der Waals surface area contributed by atoms with Gasteiger partial charge in [0, 0.05) is 28.8 Å². The van der Waals surface area contributed by atoms with Crippen LogP contribution < -0.4 is 5.32 Å². The van der Waals surface area contributed by atoms with Crippen molar-refractivity contribution in [2.45, 2.75) is 26.2 Å². The number of pyridine rings is 1. The molecular formula is C28H24N4O3. The third-order valence-corrected chi connectivity index (χ3v) is 6.12. The van der Waals surface area contributed by atoms with E-state index in [4.69, 9.17) is 4.98 Å². The monoisotopic (exact) mass is 464 g/mol. The van der Waals surface area contributed by atoms with Crippen LogP contribution in [0.5, 0.6) is 0 Å². The lowest BCUT2D eigenvalue weighted by Crippen LogP contribution is -2.12. The average molecular weight is 465 g/mol. The Morgan fingerprint density at radius 1 is 1.03 bits per heavy atom. The van der Waals surface area contributed by atoms with E-state index in [0.717, 1.165) is 44.3 Å². The SMILES string of the molecule is Cc1ccc2[nH]c(-c3ccc4ccccc4n3)c(CCCC(=O)Nc3ccccc3[N+](=O)[O-])c2c1. The van der Waals surface area contributed by atoms with Crippen molar-refractivity contribution in [1.29, 1.82) is 0 Å². The molecule has 0 saturated heterocycles. The van der Waals surface area contributed by atoms with Crippen LogP contribution in [0.15, 0.2) is 78.9 Å². The van der Waals surface area contributed by atoms with E-state index in [-0.39, 0.29) is 23.7 Å². The standard InChI is InChI=1S/C28H24N4O3/c1-18-13-15-23-21(17-18)20(28(31-23)25-16-14-19-7-2-3-9-22(19)29-25)8-6-12-27(33)30-24-10-4-5-11-26(24)32(34)35/h2-5,7,9-11,13-17,31H,6,8,12H2,1H3,(H,30,33). The van der Waals surface area contributed by atoms with Gasteiger partial charge in [0.05, 0.1) is 21.8 Å². The van der Waals surface area contributed by atoms with Crippen LogP contribution in [0.4, 0.5) is 11.4 Å². The lowest BCUT2D eigenvalue weighted by molar-refractivity contribution is -0.383. The number of rotatable bonds is 7. The molecule has 0 aliphatic rings. The Hall–Kier alpha value is -4.52. The molecule has 0 spiro atoms. The number of benzene rings is 3. The Labute approximate surface area is 202 Å². The minimum Gasteiger partial charge on any atom is -0.353 e. The van der Waals surface area contributed by atoms with Gasteiger partial charge in [0.15, 0.2) is 0 Å². The molecule has 2 aromatic heterocycles. The molecule has 0 atom stereocenters. The molecule has 3 aromatic carbocycles.